The third-order valence-corrected chi connectivity index (χ3v) is 4.43. The highest BCUT2D eigenvalue weighted by Crippen LogP contribution is 2.10. The predicted octanol–water partition coefficient (Wildman–Crippen LogP) is -0.632. The number of methoxy groups -OCH3 is 1. The van der Waals surface area contributed by atoms with Crippen molar-refractivity contribution < 1.29 is 14.2 Å². The van der Waals surface area contributed by atoms with Gasteiger partial charge in [0.25, 0.3) is 0 Å². The molecule has 3 rings (SSSR count). The molecular weight excluding hydrogens is 338 g/mol. The molecule has 2 saturated heterocycles. The maximum atomic E-state index is 5.36. The summed E-state index contributed by atoms with van der Waals surface area (Å²) in [4.78, 5) is 17.7. The standard InChI is InChI=1S/C16H29N7O3/c1-24-16-20-14(17-2-4-22-6-10-25-11-7-22)19-15(21-16)18-3-5-23-8-12-26-13-9-23/h2-13H2,1H3,(H2,17,18,19,20,21). The van der Waals surface area contributed by atoms with Crippen molar-refractivity contribution in [2.75, 3.05) is 96.5 Å². The maximum Gasteiger partial charge on any atom is 0.322 e. The fraction of sp³-hybridized carbons (Fsp3) is 0.812. The van der Waals surface area contributed by atoms with Gasteiger partial charge in [-0.05, 0) is 0 Å². The first kappa shape index (κ1) is 19.0. The van der Waals surface area contributed by atoms with Crippen molar-refractivity contribution in [3.63, 3.8) is 0 Å². The van der Waals surface area contributed by atoms with Gasteiger partial charge in [-0.1, -0.05) is 0 Å². The number of rotatable bonds is 9. The zero-order chi connectivity index (χ0) is 18.0. The maximum absolute atomic E-state index is 5.36. The number of nitrogens with one attached hydrogen (secondary N) is 2. The fourth-order valence-electron chi connectivity index (χ4n) is 2.91. The van der Waals surface area contributed by atoms with Gasteiger partial charge in [-0.2, -0.15) is 15.0 Å². The average Bonchev–Trinajstić information content (AvgIpc) is 2.69. The molecule has 0 aromatic carbocycles. The molecule has 2 aliphatic rings. The summed E-state index contributed by atoms with van der Waals surface area (Å²) in [5.41, 5.74) is 0. The van der Waals surface area contributed by atoms with Gasteiger partial charge < -0.3 is 24.8 Å². The van der Waals surface area contributed by atoms with Crippen LogP contribution in [0.25, 0.3) is 0 Å². The van der Waals surface area contributed by atoms with Gasteiger partial charge in [0.2, 0.25) is 11.9 Å². The van der Waals surface area contributed by atoms with Gasteiger partial charge >= 0.3 is 6.01 Å². The van der Waals surface area contributed by atoms with Gasteiger partial charge in [0.15, 0.2) is 0 Å². The Morgan fingerprint density at radius 3 is 1.69 bits per heavy atom. The number of hydrogen-bond donors (Lipinski definition) is 2. The van der Waals surface area contributed by atoms with Gasteiger partial charge in [-0.25, -0.2) is 0 Å². The summed E-state index contributed by atoms with van der Waals surface area (Å²) in [7, 11) is 1.56. The van der Waals surface area contributed by atoms with E-state index in [0.29, 0.717) is 17.9 Å². The van der Waals surface area contributed by atoms with Crippen molar-refractivity contribution in [3.8, 4) is 6.01 Å². The van der Waals surface area contributed by atoms with E-state index in [1.807, 2.05) is 0 Å². The normalized spacial score (nSPS) is 19.3. The van der Waals surface area contributed by atoms with E-state index in [1.54, 1.807) is 7.11 Å². The lowest BCUT2D eigenvalue weighted by Crippen LogP contribution is -2.39. The van der Waals surface area contributed by atoms with Crippen molar-refractivity contribution in [1.82, 2.24) is 24.8 Å². The number of aromatic nitrogens is 3. The summed E-state index contributed by atoms with van der Waals surface area (Å²) < 4.78 is 15.9. The Morgan fingerprint density at radius 2 is 1.27 bits per heavy atom. The highest BCUT2D eigenvalue weighted by molar-refractivity contribution is 5.35. The molecular formula is C16H29N7O3. The molecule has 10 nitrogen and oxygen atoms in total. The van der Waals surface area contributed by atoms with Crippen molar-refractivity contribution in [2.45, 2.75) is 0 Å². The van der Waals surface area contributed by atoms with E-state index in [4.69, 9.17) is 14.2 Å². The molecule has 0 saturated carbocycles. The molecule has 3 heterocycles. The van der Waals surface area contributed by atoms with Crippen molar-refractivity contribution in [2.24, 2.45) is 0 Å². The highest BCUT2D eigenvalue weighted by Gasteiger charge is 2.12. The molecule has 146 valence electrons. The number of hydrogen-bond acceptors (Lipinski definition) is 10. The third-order valence-electron chi connectivity index (χ3n) is 4.43. The zero-order valence-electron chi connectivity index (χ0n) is 15.4. The van der Waals surface area contributed by atoms with Crippen LogP contribution in [-0.2, 0) is 9.47 Å². The molecule has 26 heavy (non-hydrogen) atoms. The number of morpholine rings is 2. The molecule has 2 fully saturated rings. The molecule has 2 aliphatic heterocycles. The fourth-order valence-corrected chi connectivity index (χ4v) is 2.91. The second kappa shape index (κ2) is 10.4. The van der Waals surface area contributed by atoms with Gasteiger partial charge in [-0.3, -0.25) is 9.80 Å². The van der Waals surface area contributed by atoms with E-state index in [-0.39, 0.29) is 0 Å². The molecule has 2 N–H and O–H groups in total. The SMILES string of the molecule is COc1nc(NCCN2CCOCC2)nc(NCCN2CCOCC2)n1. The first-order valence-electron chi connectivity index (χ1n) is 9.21. The predicted molar refractivity (Wildman–Crippen MR) is 97.9 cm³/mol. The van der Waals surface area contributed by atoms with Crippen molar-refractivity contribution in [1.29, 1.82) is 0 Å². The van der Waals surface area contributed by atoms with E-state index in [9.17, 15) is 0 Å². The van der Waals surface area contributed by atoms with E-state index >= 15 is 0 Å². The lowest BCUT2D eigenvalue weighted by Gasteiger charge is -2.26. The average molecular weight is 367 g/mol. The quantitative estimate of drug-likeness (QED) is 0.587. The molecule has 0 atom stereocenters. The summed E-state index contributed by atoms with van der Waals surface area (Å²) >= 11 is 0. The van der Waals surface area contributed by atoms with Crippen LogP contribution in [0.5, 0.6) is 6.01 Å². The second-order valence-electron chi connectivity index (χ2n) is 6.23. The van der Waals surface area contributed by atoms with Crippen LogP contribution in [0.1, 0.15) is 0 Å². The molecule has 0 amide bonds. The summed E-state index contributed by atoms with van der Waals surface area (Å²) in [5.74, 6) is 1.05. The van der Waals surface area contributed by atoms with Crippen LogP contribution in [0.15, 0.2) is 0 Å². The van der Waals surface area contributed by atoms with E-state index in [0.717, 1.165) is 78.8 Å². The molecule has 0 bridgehead atoms. The smallest absolute Gasteiger partial charge is 0.322 e. The zero-order valence-corrected chi connectivity index (χ0v) is 15.4. The Kier molecular flexibility index (Phi) is 7.62. The second-order valence-corrected chi connectivity index (χ2v) is 6.23. The van der Waals surface area contributed by atoms with Crippen LogP contribution >= 0.6 is 0 Å². The minimum absolute atomic E-state index is 0.308. The Balaban J connectivity index is 1.45. The Morgan fingerprint density at radius 1 is 0.808 bits per heavy atom. The highest BCUT2D eigenvalue weighted by atomic mass is 16.5. The summed E-state index contributed by atoms with van der Waals surface area (Å²) in [6.07, 6.45) is 0. The van der Waals surface area contributed by atoms with Crippen LogP contribution in [0.4, 0.5) is 11.9 Å². The van der Waals surface area contributed by atoms with Crippen LogP contribution < -0.4 is 15.4 Å². The van der Waals surface area contributed by atoms with Gasteiger partial charge in [-0.15, -0.1) is 0 Å². The minimum Gasteiger partial charge on any atom is -0.467 e. The molecule has 0 unspecified atom stereocenters. The number of nitrogens with zero attached hydrogens (tertiary/aromatic N) is 5. The lowest BCUT2D eigenvalue weighted by atomic mass is 10.4. The van der Waals surface area contributed by atoms with Crippen molar-refractivity contribution >= 4 is 11.9 Å². The minimum atomic E-state index is 0.308. The van der Waals surface area contributed by atoms with E-state index in [1.165, 1.54) is 0 Å². The van der Waals surface area contributed by atoms with Gasteiger partial charge in [0.1, 0.15) is 0 Å². The molecule has 0 spiro atoms. The van der Waals surface area contributed by atoms with E-state index in [2.05, 4.69) is 35.4 Å². The summed E-state index contributed by atoms with van der Waals surface area (Å²) in [6, 6.07) is 0.308. The van der Waals surface area contributed by atoms with Crippen LogP contribution in [-0.4, -0.2) is 111 Å². The van der Waals surface area contributed by atoms with E-state index < -0.39 is 0 Å². The first-order valence-corrected chi connectivity index (χ1v) is 9.21. The first-order chi connectivity index (χ1) is 12.8. The molecule has 1 aromatic rings. The van der Waals surface area contributed by atoms with Crippen LogP contribution in [0, 0.1) is 0 Å². The Hall–Kier alpha value is -1.75. The van der Waals surface area contributed by atoms with Crippen molar-refractivity contribution in [3.05, 3.63) is 0 Å². The monoisotopic (exact) mass is 367 g/mol. The molecule has 0 aliphatic carbocycles. The number of anilines is 2. The summed E-state index contributed by atoms with van der Waals surface area (Å²) in [6.45, 7) is 10.5. The Bertz CT molecular complexity index is 494. The Labute approximate surface area is 154 Å². The molecule has 1 aromatic heterocycles. The largest absolute Gasteiger partial charge is 0.467 e. The molecule has 10 heteroatoms. The van der Waals surface area contributed by atoms with Gasteiger partial charge in [0.05, 0.1) is 33.5 Å². The van der Waals surface area contributed by atoms with Crippen LogP contribution in [0.3, 0.4) is 0 Å². The van der Waals surface area contributed by atoms with Crippen LogP contribution in [0.2, 0.25) is 0 Å². The topological polar surface area (TPSA) is 96.9 Å². The lowest BCUT2D eigenvalue weighted by molar-refractivity contribution is 0.0398. The van der Waals surface area contributed by atoms with Gasteiger partial charge in [0, 0.05) is 52.4 Å². The summed E-state index contributed by atoms with van der Waals surface area (Å²) in [5, 5.41) is 6.51. The number of ether oxygens (including phenoxy) is 3. The third kappa shape index (κ3) is 6.20. The molecule has 0 radical (unpaired) electrons.